The minimum absolute atomic E-state index is 0.0362. The third kappa shape index (κ3) is 4.93. The van der Waals surface area contributed by atoms with Gasteiger partial charge in [-0.1, -0.05) is 13.3 Å². The highest BCUT2D eigenvalue weighted by molar-refractivity contribution is 7.89. The first-order chi connectivity index (χ1) is 10.5. The second-order valence-corrected chi connectivity index (χ2v) is 8.34. The molecule has 1 amide bonds. The maximum Gasteiger partial charge on any atom is 0.224 e. The van der Waals surface area contributed by atoms with E-state index in [1.807, 2.05) is 6.92 Å². The summed E-state index contributed by atoms with van der Waals surface area (Å²) in [5.41, 5.74) is 0. The van der Waals surface area contributed by atoms with Gasteiger partial charge in [0.2, 0.25) is 15.9 Å². The number of nitrogens with one attached hydrogen (secondary N) is 1. The highest BCUT2D eigenvalue weighted by atomic mass is 32.2. The molecule has 2 saturated heterocycles. The van der Waals surface area contributed by atoms with Gasteiger partial charge in [-0.25, -0.2) is 12.7 Å². The van der Waals surface area contributed by atoms with Crippen LogP contribution in [0, 0.1) is 5.92 Å². The fourth-order valence-corrected chi connectivity index (χ4v) is 4.76. The molecule has 1 N–H and O–H groups in total. The van der Waals surface area contributed by atoms with Gasteiger partial charge in [0.15, 0.2) is 0 Å². The number of hydrogen-bond donors (Lipinski definition) is 1. The molecule has 2 rings (SSSR count). The maximum atomic E-state index is 12.3. The zero-order chi connectivity index (χ0) is 16.0. The number of hydrogen-bond acceptors (Lipinski definition) is 4. The molecular weight excluding hydrogens is 304 g/mol. The van der Waals surface area contributed by atoms with Crippen LogP contribution in [0.1, 0.15) is 45.4 Å². The zero-order valence-electron chi connectivity index (χ0n) is 13.4. The van der Waals surface area contributed by atoms with E-state index in [1.54, 1.807) is 0 Å². The highest BCUT2D eigenvalue weighted by Crippen LogP contribution is 2.20. The van der Waals surface area contributed by atoms with Crippen molar-refractivity contribution < 1.29 is 17.9 Å². The van der Waals surface area contributed by atoms with Crippen LogP contribution in [0.25, 0.3) is 0 Å². The molecule has 0 spiro atoms. The zero-order valence-corrected chi connectivity index (χ0v) is 14.2. The molecule has 0 saturated carbocycles. The lowest BCUT2D eigenvalue weighted by Crippen LogP contribution is -2.47. The second kappa shape index (κ2) is 8.26. The molecule has 128 valence electrons. The monoisotopic (exact) mass is 332 g/mol. The smallest absolute Gasteiger partial charge is 0.224 e. The molecule has 2 aliphatic heterocycles. The Kier molecular flexibility index (Phi) is 6.65. The number of nitrogens with zero attached hydrogens (tertiary/aromatic N) is 1. The van der Waals surface area contributed by atoms with Crippen molar-refractivity contribution >= 4 is 15.9 Å². The summed E-state index contributed by atoms with van der Waals surface area (Å²) in [6, 6.07) is 0. The first kappa shape index (κ1) is 17.7. The average Bonchev–Trinajstić information content (AvgIpc) is 3.04. The van der Waals surface area contributed by atoms with Crippen LogP contribution in [-0.2, 0) is 19.6 Å². The number of piperidine rings is 1. The van der Waals surface area contributed by atoms with Crippen LogP contribution in [0.2, 0.25) is 0 Å². The Hall–Kier alpha value is -0.660. The van der Waals surface area contributed by atoms with E-state index < -0.39 is 10.0 Å². The van der Waals surface area contributed by atoms with E-state index >= 15 is 0 Å². The van der Waals surface area contributed by atoms with Gasteiger partial charge in [0, 0.05) is 26.2 Å². The van der Waals surface area contributed by atoms with Gasteiger partial charge in [-0.2, -0.15) is 0 Å². The summed E-state index contributed by atoms with van der Waals surface area (Å²) in [5, 5.41) is 2.92. The molecule has 0 aromatic rings. The van der Waals surface area contributed by atoms with Crippen molar-refractivity contribution in [1.82, 2.24) is 9.62 Å². The van der Waals surface area contributed by atoms with Gasteiger partial charge in [0.25, 0.3) is 0 Å². The molecule has 0 radical (unpaired) electrons. The van der Waals surface area contributed by atoms with Gasteiger partial charge >= 0.3 is 0 Å². The van der Waals surface area contributed by atoms with E-state index in [0.29, 0.717) is 26.1 Å². The van der Waals surface area contributed by atoms with Gasteiger partial charge in [-0.05, 0) is 32.1 Å². The molecule has 2 atom stereocenters. The Morgan fingerprint density at radius 3 is 2.82 bits per heavy atom. The molecule has 0 aromatic heterocycles. The fourth-order valence-electron chi connectivity index (χ4n) is 3.03. The number of ether oxygens (including phenoxy) is 1. The third-order valence-electron chi connectivity index (χ3n) is 4.43. The lowest BCUT2D eigenvalue weighted by atomic mass is 9.99. The molecule has 22 heavy (non-hydrogen) atoms. The number of amides is 1. The van der Waals surface area contributed by atoms with Gasteiger partial charge in [-0.15, -0.1) is 0 Å². The first-order valence-electron chi connectivity index (χ1n) is 8.40. The maximum absolute atomic E-state index is 12.3. The van der Waals surface area contributed by atoms with E-state index in [4.69, 9.17) is 4.74 Å². The lowest BCUT2D eigenvalue weighted by molar-refractivity contribution is -0.126. The topological polar surface area (TPSA) is 75.7 Å². The second-order valence-electron chi connectivity index (χ2n) is 6.25. The van der Waals surface area contributed by atoms with Gasteiger partial charge in [0.1, 0.15) is 0 Å². The van der Waals surface area contributed by atoms with Gasteiger partial charge < -0.3 is 10.1 Å². The summed E-state index contributed by atoms with van der Waals surface area (Å²) in [6.07, 6.45) is 5.21. The van der Waals surface area contributed by atoms with Crippen molar-refractivity contribution in [3.8, 4) is 0 Å². The molecule has 2 heterocycles. The van der Waals surface area contributed by atoms with Crippen molar-refractivity contribution in [2.24, 2.45) is 5.92 Å². The van der Waals surface area contributed by atoms with Crippen LogP contribution < -0.4 is 5.32 Å². The quantitative estimate of drug-likeness (QED) is 0.758. The molecule has 0 aromatic carbocycles. The Labute approximate surface area is 133 Å². The van der Waals surface area contributed by atoms with E-state index in [1.165, 1.54) is 4.31 Å². The predicted molar refractivity (Wildman–Crippen MR) is 85.0 cm³/mol. The lowest BCUT2D eigenvalue weighted by Gasteiger charge is -2.31. The van der Waals surface area contributed by atoms with Crippen molar-refractivity contribution in [3.05, 3.63) is 0 Å². The molecule has 2 fully saturated rings. The van der Waals surface area contributed by atoms with Crippen molar-refractivity contribution in [3.63, 3.8) is 0 Å². The third-order valence-corrected chi connectivity index (χ3v) is 6.36. The number of carbonyl (C=O) groups is 1. The summed E-state index contributed by atoms with van der Waals surface area (Å²) >= 11 is 0. The summed E-state index contributed by atoms with van der Waals surface area (Å²) in [6.45, 7) is 4.16. The first-order valence-corrected chi connectivity index (χ1v) is 10.0. The van der Waals surface area contributed by atoms with Gasteiger partial charge in [-0.3, -0.25) is 4.79 Å². The normalized spacial score (nSPS) is 27.0. The minimum Gasteiger partial charge on any atom is -0.376 e. The number of unbranched alkanes of at least 4 members (excludes halogenated alkanes) is 1. The van der Waals surface area contributed by atoms with Crippen molar-refractivity contribution in [2.75, 3.05) is 32.0 Å². The number of rotatable bonds is 7. The van der Waals surface area contributed by atoms with Crippen molar-refractivity contribution in [2.45, 2.75) is 51.6 Å². The molecule has 0 unspecified atom stereocenters. The van der Waals surface area contributed by atoms with E-state index in [0.717, 1.165) is 38.7 Å². The van der Waals surface area contributed by atoms with Gasteiger partial charge in [0.05, 0.1) is 17.8 Å². The van der Waals surface area contributed by atoms with E-state index in [-0.39, 0.29) is 23.7 Å². The molecule has 6 nitrogen and oxygen atoms in total. The summed E-state index contributed by atoms with van der Waals surface area (Å²) in [7, 11) is -3.21. The molecular formula is C15H28N2O4S. The van der Waals surface area contributed by atoms with E-state index in [9.17, 15) is 13.2 Å². The SMILES string of the molecule is CCCCS(=O)(=O)N1CCC[C@H](C(=O)NC[C@H]2CCCO2)C1. The molecule has 2 aliphatic rings. The molecule has 7 heteroatoms. The summed E-state index contributed by atoms with van der Waals surface area (Å²) < 4.78 is 31.5. The Morgan fingerprint density at radius 1 is 1.32 bits per heavy atom. The van der Waals surface area contributed by atoms with E-state index in [2.05, 4.69) is 5.32 Å². The molecule has 0 aliphatic carbocycles. The Balaban J connectivity index is 1.82. The van der Waals surface area contributed by atoms with Crippen LogP contribution in [0.15, 0.2) is 0 Å². The number of sulfonamides is 1. The van der Waals surface area contributed by atoms with Crippen LogP contribution in [0.5, 0.6) is 0 Å². The van der Waals surface area contributed by atoms with Crippen LogP contribution in [-0.4, -0.2) is 56.7 Å². The van der Waals surface area contributed by atoms with Crippen LogP contribution in [0.4, 0.5) is 0 Å². The minimum atomic E-state index is -3.21. The Bertz CT molecular complexity index is 460. The molecule has 0 bridgehead atoms. The summed E-state index contributed by atoms with van der Waals surface area (Å²) in [4.78, 5) is 12.3. The standard InChI is InChI=1S/C15H28N2O4S/c1-2-3-10-22(19,20)17-8-4-6-13(12-17)15(18)16-11-14-7-5-9-21-14/h13-14H,2-12H2,1H3,(H,16,18)/t13-,14+/m0/s1. The summed E-state index contributed by atoms with van der Waals surface area (Å²) in [5.74, 6) is -0.0780. The van der Waals surface area contributed by atoms with Crippen molar-refractivity contribution in [1.29, 1.82) is 0 Å². The average molecular weight is 332 g/mol. The highest BCUT2D eigenvalue weighted by Gasteiger charge is 2.32. The van der Waals surface area contributed by atoms with Crippen LogP contribution in [0.3, 0.4) is 0 Å². The predicted octanol–water partition coefficient (Wildman–Crippen LogP) is 1.12. The Morgan fingerprint density at radius 2 is 2.14 bits per heavy atom. The fraction of sp³-hybridized carbons (Fsp3) is 0.933. The van der Waals surface area contributed by atoms with Crippen LogP contribution >= 0.6 is 0 Å². The number of carbonyl (C=O) groups excluding carboxylic acids is 1. The largest absolute Gasteiger partial charge is 0.376 e.